The first-order valence-electron chi connectivity index (χ1n) is 8.08. The van der Waals surface area contributed by atoms with Crippen LogP contribution in [0.3, 0.4) is 0 Å². The number of fused-ring (bicyclic) bond motifs is 1. The second-order valence-electron chi connectivity index (χ2n) is 6.14. The molecular formula is C17H23ClN2O3. The van der Waals surface area contributed by atoms with Crippen molar-refractivity contribution in [1.82, 2.24) is 9.80 Å². The van der Waals surface area contributed by atoms with Gasteiger partial charge in [-0.25, -0.2) is 0 Å². The van der Waals surface area contributed by atoms with Gasteiger partial charge in [0.15, 0.2) is 0 Å². The largest absolute Gasteiger partial charge is 0.491 e. The van der Waals surface area contributed by atoms with Gasteiger partial charge in [0, 0.05) is 37.3 Å². The lowest BCUT2D eigenvalue weighted by atomic mass is 10.1. The van der Waals surface area contributed by atoms with E-state index in [9.17, 15) is 4.79 Å². The molecular weight excluding hydrogens is 316 g/mol. The number of methoxy groups -OCH3 is 1. The molecule has 0 aliphatic carbocycles. The summed E-state index contributed by atoms with van der Waals surface area (Å²) in [6.07, 6.45) is 0.919. The van der Waals surface area contributed by atoms with E-state index in [0.717, 1.165) is 37.4 Å². The minimum absolute atomic E-state index is 0.0765. The molecule has 0 unspecified atom stereocenters. The Labute approximate surface area is 142 Å². The Morgan fingerprint density at radius 1 is 1.43 bits per heavy atom. The zero-order valence-electron chi connectivity index (χ0n) is 13.5. The average molecular weight is 339 g/mol. The normalized spacial score (nSPS) is 21.7. The molecule has 0 N–H and O–H groups in total. The van der Waals surface area contributed by atoms with Crippen LogP contribution in [0.1, 0.15) is 12.0 Å². The van der Waals surface area contributed by atoms with Crippen molar-refractivity contribution in [1.29, 1.82) is 0 Å². The smallest absolute Gasteiger partial charge is 0.227 e. The first-order chi connectivity index (χ1) is 11.2. The Bertz CT molecular complexity index is 567. The van der Waals surface area contributed by atoms with Crippen molar-refractivity contribution in [2.45, 2.75) is 13.0 Å². The Morgan fingerprint density at radius 3 is 3.13 bits per heavy atom. The van der Waals surface area contributed by atoms with Crippen LogP contribution in [0.15, 0.2) is 18.2 Å². The number of nitrogens with zero attached hydrogens (tertiary/aromatic N) is 2. The highest BCUT2D eigenvalue weighted by molar-refractivity contribution is 6.30. The number of ether oxygens (including phenoxy) is 2. The molecule has 126 valence electrons. The summed E-state index contributed by atoms with van der Waals surface area (Å²) in [6, 6.07) is 5.60. The van der Waals surface area contributed by atoms with Crippen molar-refractivity contribution in [3.8, 4) is 5.75 Å². The fourth-order valence-corrected chi connectivity index (χ4v) is 3.46. The molecule has 0 saturated carbocycles. The van der Waals surface area contributed by atoms with Crippen LogP contribution in [0.5, 0.6) is 5.75 Å². The Morgan fingerprint density at radius 2 is 2.30 bits per heavy atom. The molecule has 0 aromatic heterocycles. The van der Waals surface area contributed by atoms with Gasteiger partial charge in [-0.3, -0.25) is 4.79 Å². The number of carbonyl (C=O) groups is 1. The van der Waals surface area contributed by atoms with Gasteiger partial charge in [-0.05, 0) is 31.2 Å². The van der Waals surface area contributed by atoms with E-state index in [0.29, 0.717) is 31.3 Å². The number of hydrogen-bond acceptors (Lipinski definition) is 4. The highest BCUT2D eigenvalue weighted by atomic mass is 35.5. The van der Waals surface area contributed by atoms with Crippen LogP contribution in [0, 0.1) is 5.92 Å². The second-order valence-corrected chi connectivity index (χ2v) is 6.58. The third kappa shape index (κ3) is 3.97. The Balaban J connectivity index is 1.64. The van der Waals surface area contributed by atoms with Gasteiger partial charge in [0.2, 0.25) is 5.91 Å². The molecule has 3 rings (SSSR count). The topological polar surface area (TPSA) is 42.0 Å². The van der Waals surface area contributed by atoms with Crippen molar-refractivity contribution in [3.05, 3.63) is 28.8 Å². The van der Waals surface area contributed by atoms with E-state index in [4.69, 9.17) is 21.1 Å². The molecule has 1 atom stereocenters. The van der Waals surface area contributed by atoms with Gasteiger partial charge >= 0.3 is 0 Å². The Kier molecular flexibility index (Phi) is 5.41. The first-order valence-corrected chi connectivity index (χ1v) is 8.46. The van der Waals surface area contributed by atoms with Gasteiger partial charge in [-0.15, -0.1) is 0 Å². The fraction of sp³-hybridized carbons (Fsp3) is 0.588. The van der Waals surface area contributed by atoms with E-state index in [1.54, 1.807) is 7.11 Å². The van der Waals surface area contributed by atoms with Crippen molar-refractivity contribution in [2.24, 2.45) is 5.92 Å². The van der Waals surface area contributed by atoms with E-state index in [2.05, 4.69) is 4.90 Å². The van der Waals surface area contributed by atoms with Crippen LogP contribution in [0.4, 0.5) is 0 Å². The van der Waals surface area contributed by atoms with Gasteiger partial charge in [-0.2, -0.15) is 0 Å². The molecule has 6 heteroatoms. The molecule has 2 aliphatic heterocycles. The SMILES string of the molecule is COCCN1CC[C@@H](C(=O)N2CCOc3ccc(Cl)cc3C2)C1. The minimum Gasteiger partial charge on any atom is -0.491 e. The molecule has 1 fully saturated rings. The molecule has 1 aromatic carbocycles. The summed E-state index contributed by atoms with van der Waals surface area (Å²) in [5, 5.41) is 0.674. The minimum atomic E-state index is 0.0765. The predicted molar refractivity (Wildman–Crippen MR) is 88.8 cm³/mol. The van der Waals surface area contributed by atoms with Gasteiger partial charge in [0.25, 0.3) is 0 Å². The lowest BCUT2D eigenvalue weighted by Crippen LogP contribution is -2.38. The van der Waals surface area contributed by atoms with Gasteiger partial charge in [0.05, 0.1) is 19.1 Å². The predicted octanol–water partition coefficient (Wildman–Crippen LogP) is 2.03. The zero-order valence-corrected chi connectivity index (χ0v) is 14.2. The maximum atomic E-state index is 12.8. The standard InChI is InChI=1S/C17H23ClN2O3/c1-22-8-6-19-5-4-13(11-19)17(21)20-7-9-23-16-3-2-15(18)10-14(16)12-20/h2-3,10,13H,4-9,11-12H2,1H3/t13-/m1/s1. The summed E-state index contributed by atoms with van der Waals surface area (Å²) in [7, 11) is 1.71. The quantitative estimate of drug-likeness (QED) is 0.842. The van der Waals surface area contributed by atoms with Crippen LogP contribution in [-0.4, -0.2) is 62.2 Å². The molecule has 0 spiro atoms. The van der Waals surface area contributed by atoms with E-state index in [1.807, 2.05) is 23.1 Å². The van der Waals surface area contributed by atoms with Crippen LogP contribution < -0.4 is 4.74 Å². The third-order valence-corrected chi connectivity index (χ3v) is 4.78. The molecule has 1 aromatic rings. The van der Waals surface area contributed by atoms with E-state index in [-0.39, 0.29) is 11.8 Å². The average Bonchev–Trinajstić information content (AvgIpc) is 2.92. The summed E-state index contributed by atoms with van der Waals surface area (Å²) < 4.78 is 10.9. The van der Waals surface area contributed by atoms with Crippen LogP contribution in [-0.2, 0) is 16.1 Å². The molecule has 0 bridgehead atoms. The van der Waals surface area contributed by atoms with E-state index >= 15 is 0 Å². The second kappa shape index (κ2) is 7.51. The van der Waals surface area contributed by atoms with E-state index in [1.165, 1.54) is 0 Å². The number of likely N-dealkylation sites (tertiary alicyclic amines) is 1. The highest BCUT2D eigenvalue weighted by Gasteiger charge is 2.32. The Hall–Kier alpha value is -1.30. The number of amides is 1. The van der Waals surface area contributed by atoms with E-state index < -0.39 is 0 Å². The van der Waals surface area contributed by atoms with Crippen molar-refractivity contribution < 1.29 is 14.3 Å². The number of halogens is 1. The summed E-state index contributed by atoms with van der Waals surface area (Å²) in [6.45, 7) is 5.12. The van der Waals surface area contributed by atoms with Crippen LogP contribution >= 0.6 is 11.6 Å². The summed E-state index contributed by atoms with van der Waals surface area (Å²) in [5.41, 5.74) is 0.984. The molecule has 2 aliphatic rings. The van der Waals surface area contributed by atoms with Gasteiger partial charge < -0.3 is 19.3 Å². The molecule has 23 heavy (non-hydrogen) atoms. The summed E-state index contributed by atoms with van der Waals surface area (Å²) in [4.78, 5) is 17.1. The fourth-order valence-electron chi connectivity index (χ4n) is 3.27. The molecule has 5 nitrogen and oxygen atoms in total. The monoisotopic (exact) mass is 338 g/mol. The van der Waals surface area contributed by atoms with Crippen molar-refractivity contribution in [3.63, 3.8) is 0 Å². The van der Waals surface area contributed by atoms with Crippen LogP contribution in [0.25, 0.3) is 0 Å². The lowest BCUT2D eigenvalue weighted by Gasteiger charge is -2.23. The van der Waals surface area contributed by atoms with Crippen molar-refractivity contribution in [2.75, 3.05) is 46.5 Å². The molecule has 0 radical (unpaired) electrons. The van der Waals surface area contributed by atoms with Crippen molar-refractivity contribution >= 4 is 17.5 Å². The number of rotatable bonds is 4. The zero-order chi connectivity index (χ0) is 16.2. The number of hydrogen-bond donors (Lipinski definition) is 0. The van der Waals surface area contributed by atoms with Gasteiger partial charge in [0.1, 0.15) is 12.4 Å². The maximum Gasteiger partial charge on any atom is 0.227 e. The summed E-state index contributed by atoms with van der Waals surface area (Å²) in [5.74, 6) is 1.13. The molecule has 1 saturated heterocycles. The number of benzene rings is 1. The van der Waals surface area contributed by atoms with Gasteiger partial charge in [-0.1, -0.05) is 11.6 Å². The molecule has 2 heterocycles. The highest BCUT2D eigenvalue weighted by Crippen LogP contribution is 2.28. The first kappa shape index (κ1) is 16.6. The number of carbonyl (C=O) groups excluding carboxylic acids is 1. The van der Waals surface area contributed by atoms with Crippen LogP contribution in [0.2, 0.25) is 5.02 Å². The maximum absolute atomic E-state index is 12.8. The summed E-state index contributed by atoms with van der Waals surface area (Å²) >= 11 is 6.07. The molecule has 1 amide bonds. The third-order valence-electron chi connectivity index (χ3n) is 4.55. The lowest BCUT2D eigenvalue weighted by molar-refractivity contribution is -0.135.